The summed E-state index contributed by atoms with van der Waals surface area (Å²) in [5, 5.41) is 13.8. The van der Waals surface area contributed by atoms with E-state index in [0.29, 0.717) is 13.1 Å². The van der Waals surface area contributed by atoms with Gasteiger partial charge >= 0.3 is 6.03 Å². The lowest BCUT2D eigenvalue weighted by atomic mass is 10.0. The largest absolute Gasteiger partial charge is 0.393 e. The van der Waals surface area contributed by atoms with Crippen LogP contribution in [0.5, 0.6) is 0 Å². The average molecular weight is 301 g/mol. The maximum absolute atomic E-state index is 12.3. The van der Waals surface area contributed by atoms with E-state index in [1.807, 2.05) is 18.2 Å². The van der Waals surface area contributed by atoms with E-state index < -0.39 is 0 Å². The third kappa shape index (κ3) is 2.81. The van der Waals surface area contributed by atoms with Crippen molar-refractivity contribution < 1.29 is 9.90 Å². The summed E-state index contributed by atoms with van der Waals surface area (Å²) in [4.78, 5) is 14.1. The molecule has 2 N–H and O–H groups in total. The summed E-state index contributed by atoms with van der Waals surface area (Å²) in [7, 11) is 0. The molecule has 3 rings (SSSR count). The van der Waals surface area contributed by atoms with Gasteiger partial charge in [0.1, 0.15) is 0 Å². The summed E-state index contributed by atoms with van der Waals surface area (Å²) >= 11 is 0. The lowest BCUT2D eigenvalue weighted by molar-refractivity contribution is 0.130. The number of aliphatic hydroxyl groups is 1. The number of carbonyl (C=O) groups excluding carboxylic acids is 1. The van der Waals surface area contributed by atoms with Crippen LogP contribution in [0.25, 0.3) is 10.9 Å². The van der Waals surface area contributed by atoms with Gasteiger partial charge in [0.25, 0.3) is 0 Å². The van der Waals surface area contributed by atoms with Gasteiger partial charge in [0.15, 0.2) is 0 Å². The SMILES string of the molecule is CCn1ccc2ccc(NC(=O)N3CC[C@H]([C@H](C)O)C3)cc21. The highest BCUT2D eigenvalue weighted by molar-refractivity contribution is 5.93. The monoisotopic (exact) mass is 301 g/mol. The van der Waals surface area contributed by atoms with Crippen molar-refractivity contribution >= 4 is 22.6 Å². The van der Waals surface area contributed by atoms with E-state index in [-0.39, 0.29) is 18.1 Å². The quantitative estimate of drug-likeness (QED) is 0.916. The number of fused-ring (bicyclic) bond motifs is 1. The summed E-state index contributed by atoms with van der Waals surface area (Å²) in [6.07, 6.45) is 2.56. The van der Waals surface area contributed by atoms with E-state index in [2.05, 4.69) is 29.1 Å². The minimum atomic E-state index is -0.359. The molecule has 2 amide bonds. The van der Waals surface area contributed by atoms with Gasteiger partial charge in [-0.3, -0.25) is 0 Å². The van der Waals surface area contributed by atoms with Gasteiger partial charge < -0.3 is 19.9 Å². The number of carbonyl (C=O) groups is 1. The van der Waals surface area contributed by atoms with Crippen LogP contribution in [0.15, 0.2) is 30.5 Å². The smallest absolute Gasteiger partial charge is 0.321 e. The Bertz CT molecular complexity index is 678. The molecule has 1 saturated heterocycles. The number of nitrogens with zero attached hydrogens (tertiary/aromatic N) is 2. The fourth-order valence-corrected chi connectivity index (χ4v) is 3.11. The van der Waals surface area contributed by atoms with Gasteiger partial charge in [-0.1, -0.05) is 6.07 Å². The van der Waals surface area contributed by atoms with Gasteiger partial charge in [0, 0.05) is 37.4 Å². The third-order valence-corrected chi connectivity index (χ3v) is 4.56. The van der Waals surface area contributed by atoms with Crippen molar-refractivity contribution in [1.29, 1.82) is 0 Å². The Balaban J connectivity index is 1.71. The van der Waals surface area contributed by atoms with Gasteiger partial charge in [-0.2, -0.15) is 0 Å². The van der Waals surface area contributed by atoms with Crippen LogP contribution >= 0.6 is 0 Å². The molecular formula is C17H23N3O2. The zero-order valence-corrected chi connectivity index (χ0v) is 13.1. The molecule has 1 aromatic carbocycles. The number of urea groups is 1. The van der Waals surface area contributed by atoms with Gasteiger partial charge in [-0.15, -0.1) is 0 Å². The minimum Gasteiger partial charge on any atom is -0.393 e. The molecular weight excluding hydrogens is 278 g/mol. The number of amides is 2. The Morgan fingerprint density at radius 3 is 2.95 bits per heavy atom. The van der Waals surface area contributed by atoms with Gasteiger partial charge in [0.05, 0.1) is 11.6 Å². The second-order valence-electron chi connectivity index (χ2n) is 6.04. The van der Waals surface area contributed by atoms with Crippen LogP contribution in [0.2, 0.25) is 0 Å². The molecule has 118 valence electrons. The Hall–Kier alpha value is -2.01. The summed E-state index contributed by atoms with van der Waals surface area (Å²) < 4.78 is 2.16. The normalized spacial score (nSPS) is 19.6. The van der Waals surface area contributed by atoms with Gasteiger partial charge in [-0.25, -0.2) is 4.79 Å². The van der Waals surface area contributed by atoms with Crippen molar-refractivity contribution in [2.45, 2.75) is 32.9 Å². The molecule has 1 aromatic heterocycles. The van der Waals surface area contributed by atoms with Crippen molar-refractivity contribution in [1.82, 2.24) is 9.47 Å². The molecule has 0 bridgehead atoms. The van der Waals surface area contributed by atoms with Crippen LogP contribution < -0.4 is 5.32 Å². The first-order chi connectivity index (χ1) is 10.6. The number of likely N-dealkylation sites (tertiary alicyclic amines) is 1. The Morgan fingerprint density at radius 2 is 2.27 bits per heavy atom. The first-order valence-corrected chi connectivity index (χ1v) is 7.91. The van der Waals surface area contributed by atoms with E-state index in [1.165, 1.54) is 5.39 Å². The summed E-state index contributed by atoms with van der Waals surface area (Å²) in [6, 6.07) is 7.97. The van der Waals surface area contributed by atoms with Crippen LogP contribution in [0.1, 0.15) is 20.3 Å². The number of aliphatic hydroxyl groups excluding tert-OH is 1. The molecule has 1 fully saturated rings. The van der Waals surface area contributed by atoms with E-state index >= 15 is 0 Å². The highest BCUT2D eigenvalue weighted by atomic mass is 16.3. The molecule has 0 saturated carbocycles. The Kier molecular flexibility index (Phi) is 4.07. The molecule has 0 unspecified atom stereocenters. The highest BCUT2D eigenvalue weighted by Crippen LogP contribution is 2.23. The average Bonchev–Trinajstić information content (AvgIpc) is 3.13. The van der Waals surface area contributed by atoms with Gasteiger partial charge in [0.2, 0.25) is 0 Å². The maximum Gasteiger partial charge on any atom is 0.321 e. The molecule has 0 aliphatic carbocycles. The summed E-state index contributed by atoms with van der Waals surface area (Å²) in [5.41, 5.74) is 1.94. The number of rotatable bonds is 3. The molecule has 2 heterocycles. The fourth-order valence-electron chi connectivity index (χ4n) is 3.11. The van der Waals surface area contributed by atoms with Crippen LogP contribution in [-0.2, 0) is 6.54 Å². The Morgan fingerprint density at radius 1 is 1.45 bits per heavy atom. The standard InChI is InChI=1S/C17H23N3O2/c1-3-19-8-6-13-4-5-15(10-16(13)19)18-17(22)20-9-7-14(11-20)12(2)21/h4-6,8,10,12,14,21H,3,7,9,11H2,1-2H3,(H,18,22)/t12-,14-/m0/s1. The first-order valence-electron chi connectivity index (χ1n) is 7.91. The first kappa shape index (κ1) is 14.9. The number of benzene rings is 1. The molecule has 5 nitrogen and oxygen atoms in total. The second-order valence-corrected chi connectivity index (χ2v) is 6.04. The zero-order valence-electron chi connectivity index (χ0n) is 13.1. The molecule has 0 spiro atoms. The minimum absolute atomic E-state index is 0.0860. The lowest BCUT2D eigenvalue weighted by Crippen LogP contribution is -2.34. The number of hydrogen-bond donors (Lipinski definition) is 2. The van der Waals surface area contributed by atoms with Crippen molar-refractivity contribution in [3.05, 3.63) is 30.5 Å². The summed E-state index contributed by atoms with van der Waals surface area (Å²) in [6.45, 7) is 6.12. The lowest BCUT2D eigenvalue weighted by Gasteiger charge is -2.18. The molecule has 1 aliphatic heterocycles. The number of hydrogen-bond acceptors (Lipinski definition) is 2. The zero-order chi connectivity index (χ0) is 15.7. The highest BCUT2D eigenvalue weighted by Gasteiger charge is 2.29. The van der Waals surface area contributed by atoms with Crippen molar-refractivity contribution in [2.24, 2.45) is 5.92 Å². The second kappa shape index (κ2) is 6.01. The fraction of sp³-hybridized carbons (Fsp3) is 0.471. The summed E-state index contributed by atoms with van der Waals surface area (Å²) in [5.74, 6) is 0.186. The molecule has 5 heteroatoms. The maximum atomic E-state index is 12.3. The van der Waals surface area contributed by atoms with Crippen LogP contribution in [0, 0.1) is 5.92 Å². The third-order valence-electron chi connectivity index (χ3n) is 4.56. The van der Waals surface area contributed by atoms with Crippen molar-refractivity contribution in [2.75, 3.05) is 18.4 Å². The molecule has 2 atom stereocenters. The van der Waals surface area contributed by atoms with Crippen LogP contribution in [0.4, 0.5) is 10.5 Å². The molecule has 0 radical (unpaired) electrons. The van der Waals surface area contributed by atoms with Crippen molar-refractivity contribution in [3.8, 4) is 0 Å². The number of nitrogens with one attached hydrogen (secondary N) is 1. The van der Waals surface area contributed by atoms with Gasteiger partial charge in [-0.05, 0) is 43.9 Å². The van der Waals surface area contributed by atoms with Crippen molar-refractivity contribution in [3.63, 3.8) is 0 Å². The Labute approximate surface area is 130 Å². The van der Waals surface area contributed by atoms with E-state index in [9.17, 15) is 9.90 Å². The molecule has 22 heavy (non-hydrogen) atoms. The number of aryl methyl sites for hydroxylation is 1. The van der Waals surface area contributed by atoms with E-state index in [1.54, 1.807) is 11.8 Å². The number of anilines is 1. The molecule has 1 aliphatic rings. The van der Waals surface area contributed by atoms with Crippen LogP contribution in [-0.4, -0.2) is 39.8 Å². The number of aromatic nitrogens is 1. The molecule has 2 aromatic rings. The topological polar surface area (TPSA) is 57.5 Å². The predicted molar refractivity (Wildman–Crippen MR) is 88.0 cm³/mol. The predicted octanol–water partition coefficient (Wildman–Crippen LogP) is 2.90. The van der Waals surface area contributed by atoms with E-state index in [0.717, 1.165) is 24.2 Å². The van der Waals surface area contributed by atoms with E-state index in [4.69, 9.17) is 0 Å². The van der Waals surface area contributed by atoms with Crippen LogP contribution in [0.3, 0.4) is 0 Å².